The van der Waals surface area contributed by atoms with Crippen LogP contribution in [0.2, 0.25) is 0 Å². The predicted octanol–water partition coefficient (Wildman–Crippen LogP) is 11.5. The van der Waals surface area contributed by atoms with E-state index >= 15 is 0 Å². The summed E-state index contributed by atoms with van der Waals surface area (Å²) in [5.74, 6) is -1.17. The van der Waals surface area contributed by atoms with Crippen molar-refractivity contribution in [3.63, 3.8) is 0 Å². The summed E-state index contributed by atoms with van der Waals surface area (Å²) in [5.41, 5.74) is 16.9. The predicted molar refractivity (Wildman–Crippen MR) is 381 cm³/mol. The van der Waals surface area contributed by atoms with Crippen molar-refractivity contribution in [2.24, 2.45) is 0 Å². The first kappa shape index (κ1) is 66.1. The van der Waals surface area contributed by atoms with Crippen LogP contribution in [-0.2, 0) is 61.3 Å². The van der Waals surface area contributed by atoms with E-state index in [1.165, 1.54) is 85.0 Å². The fraction of sp³-hybridized carbons (Fsp3) is 0.202. The molecule has 17 rings (SSSR count). The maximum atomic E-state index is 13.1. The van der Waals surface area contributed by atoms with Crippen molar-refractivity contribution in [3.05, 3.63) is 369 Å². The molecule has 17 heteroatoms. The number of ether oxygens (including phenoxy) is 2. The summed E-state index contributed by atoms with van der Waals surface area (Å²) in [5, 5.41) is 19.3. The third-order valence-corrected chi connectivity index (χ3v) is 20.3. The Morgan fingerprint density at radius 3 is 0.881 bits per heavy atom. The molecule has 6 heterocycles. The molecule has 0 bridgehead atoms. The van der Waals surface area contributed by atoms with Gasteiger partial charge in [-0.05, 0) is 116 Å². The van der Waals surface area contributed by atoms with Crippen molar-refractivity contribution in [2.45, 2.75) is 87.6 Å². The average Bonchev–Trinajstić information content (AvgIpc) is 1.58. The molecule has 0 fully saturated rings. The van der Waals surface area contributed by atoms with Gasteiger partial charge in [-0.25, -0.2) is 0 Å². The van der Waals surface area contributed by atoms with Gasteiger partial charge in [0.1, 0.15) is 13.2 Å². The number of aromatic nitrogens is 3. The Morgan fingerprint density at radius 2 is 0.584 bits per heavy atom. The molecule has 4 N–H and O–H groups in total. The number of pyridine rings is 3. The first-order valence-electron chi connectivity index (χ1n) is 34.1. The van der Waals surface area contributed by atoms with Crippen LogP contribution in [0.5, 0.6) is 17.2 Å². The van der Waals surface area contributed by atoms with E-state index in [4.69, 9.17) is 19.1 Å². The molecule has 3 unspecified atom stereocenters. The molecule has 0 saturated heterocycles. The van der Waals surface area contributed by atoms with Gasteiger partial charge in [0.05, 0.1) is 18.1 Å². The quantitative estimate of drug-likeness (QED) is 0.106. The molecule has 17 nitrogen and oxygen atoms in total. The zero-order valence-corrected chi connectivity index (χ0v) is 55.2. The number of benzene rings is 8. The molecule has 101 heavy (non-hydrogen) atoms. The Kier molecular flexibility index (Phi) is 19.3. The summed E-state index contributed by atoms with van der Waals surface area (Å²) < 4.78 is 17.7. The number of nitrogens with one attached hydrogen (secondary N) is 3. The van der Waals surface area contributed by atoms with Gasteiger partial charge in [0.25, 0.3) is 17.7 Å². The van der Waals surface area contributed by atoms with Gasteiger partial charge in [0.2, 0.25) is 16.3 Å². The van der Waals surface area contributed by atoms with Gasteiger partial charge >= 0.3 is 6.15 Å². The van der Waals surface area contributed by atoms with Crippen molar-refractivity contribution < 1.29 is 38.6 Å². The van der Waals surface area contributed by atoms with E-state index in [-0.39, 0.29) is 95.1 Å². The van der Waals surface area contributed by atoms with E-state index in [1.807, 2.05) is 81.9 Å². The van der Waals surface area contributed by atoms with Gasteiger partial charge in [-0.2, -0.15) is 9.59 Å². The molecule has 3 aliphatic carbocycles. The number of hydrogen-bond donors (Lipinski definition) is 4. The van der Waals surface area contributed by atoms with Crippen LogP contribution in [0.1, 0.15) is 145 Å². The van der Waals surface area contributed by atoms with E-state index < -0.39 is 17.1 Å². The van der Waals surface area contributed by atoms with Gasteiger partial charge in [-0.3, -0.25) is 28.8 Å². The lowest BCUT2D eigenvalue weighted by Gasteiger charge is -2.36. The first-order valence-corrected chi connectivity index (χ1v) is 34.1. The summed E-state index contributed by atoms with van der Waals surface area (Å²) in [7, 11) is 0. The molecule has 3 amide bonds. The number of hydrogen-bond acceptors (Lipinski definition) is 11. The van der Waals surface area contributed by atoms with Crippen LogP contribution in [0.25, 0.3) is 0 Å². The van der Waals surface area contributed by atoms with Crippen molar-refractivity contribution >= 4 is 23.9 Å². The lowest BCUT2D eigenvalue weighted by atomic mass is 9.81. The topological polar surface area (TPSA) is 226 Å². The Hall–Kier alpha value is -12.2. The minimum atomic E-state index is -0.538. The SMILES string of the molecule is O=C1NCC(C2c3ccccc3CCc3ccccc32)n2ccc(=O)c(O)c21.O=C1NCC(C2c3ccccc3CCc3ccccc32)n2ccc(=O)c(OCc3ccccc3)c21.O=C1NCC(C2c3ccccc3CCc3ccccc32)n2ccc(=O)c(OCc3ccccc3)c21.O=C=O. The summed E-state index contributed by atoms with van der Waals surface area (Å²) in [6.45, 7) is 1.82. The van der Waals surface area contributed by atoms with Crippen LogP contribution in [0, 0.1) is 0 Å². The molecule has 6 aliphatic rings. The molecular weight excluding hydrogens is 1270 g/mol. The highest BCUT2D eigenvalue weighted by Gasteiger charge is 2.41. The van der Waals surface area contributed by atoms with Gasteiger partial charge in [0.15, 0.2) is 34.3 Å². The monoisotopic (exact) mass is 1340 g/mol. The lowest BCUT2D eigenvalue weighted by molar-refractivity contribution is -0.191. The number of carbonyl (C=O) groups is 3. The number of aromatic hydroxyl groups is 1. The molecule has 0 spiro atoms. The second-order valence-corrected chi connectivity index (χ2v) is 25.9. The van der Waals surface area contributed by atoms with E-state index in [2.05, 4.69) is 149 Å². The van der Waals surface area contributed by atoms with E-state index in [9.17, 15) is 33.9 Å². The summed E-state index contributed by atoms with van der Waals surface area (Å²) in [6.07, 6.45) is 11.2. The largest absolute Gasteiger partial charge is 0.503 e. The maximum absolute atomic E-state index is 13.1. The molecule has 8 aromatic carbocycles. The number of carbonyl (C=O) groups excluding carboxylic acids is 5. The van der Waals surface area contributed by atoms with Crippen molar-refractivity contribution in [1.82, 2.24) is 29.7 Å². The minimum Gasteiger partial charge on any atom is -0.503 e. The number of rotatable bonds is 9. The molecule has 3 aromatic heterocycles. The second-order valence-electron chi connectivity index (χ2n) is 25.9. The first-order chi connectivity index (χ1) is 49.5. The van der Waals surface area contributed by atoms with E-state index in [0.29, 0.717) is 31.0 Å². The van der Waals surface area contributed by atoms with Crippen molar-refractivity contribution in [3.8, 4) is 17.2 Å². The van der Waals surface area contributed by atoms with Crippen LogP contribution in [0.3, 0.4) is 0 Å². The zero-order chi connectivity index (χ0) is 69.5. The number of aryl methyl sites for hydroxylation is 6. The molecule has 3 atom stereocenters. The van der Waals surface area contributed by atoms with Crippen LogP contribution in [-0.4, -0.2) is 62.3 Å². The fourth-order valence-electron chi connectivity index (χ4n) is 15.8. The standard InChI is InChI=1S/2C30H26N2O3.C23H20N2O3.CO2/c2*33-26-16-17-32-25(18-31-30(34)28(32)29(26)35-19-20-8-2-1-3-9-20)27-23-12-6-4-10-21(23)14-15-22-11-5-7-13-24(22)27;26-19-11-12-25-18(13-24-23(28)21(25)22(19)27)20-16-7-3-1-5-14(16)9-10-15-6-2-4-8-17(15)20;2-1-3/h2*1-13,16-17,25,27H,14-15,18-19H2,(H,31,34);1-8,11-12,18,20,27H,9-10,13H2,(H,24,28);. The van der Waals surface area contributed by atoms with Gasteiger partial charge < -0.3 is 44.2 Å². The molecular formula is C84H72N6O11. The molecule has 0 radical (unpaired) electrons. The Morgan fingerprint density at radius 1 is 0.337 bits per heavy atom. The fourth-order valence-corrected chi connectivity index (χ4v) is 15.8. The zero-order valence-electron chi connectivity index (χ0n) is 55.2. The lowest BCUT2D eigenvalue weighted by Crippen LogP contribution is -2.43. The molecule has 504 valence electrons. The third-order valence-electron chi connectivity index (χ3n) is 20.3. The summed E-state index contributed by atoms with van der Waals surface area (Å²) in [6, 6.07) is 74.6. The normalized spacial score (nSPS) is 16.9. The summed E-state index contributed by atoms with van der Waals surface area (Å²) in [4.78, 5) is 92.6. The van der Waals surface area contributed by atoms with Crippen LogP contribution < -0.4 is 41.7 Å². The van der Waals surface area contributed by atoms with Gasteiger partial charge in [0, 0.05) is 74.2 Å². The van der Waals surface area contributed by atoms with E-state index in [0.717, 1.165) is 49.7 Å². The highest BCUT2D eigenvalue weighted by atomic mass is 16.5. The Balaban J connectivity index is 0.000000127. The third kappa shape index (κ3) is 13.3. The van der Waals surface area contributed by atoms with Crippen LogP contribution in [0.4, 0.5) is 0 Å². The highest BCUT2D eigenvalue weighted by Crippen LogP contribution is 2.47. The Bertz CT molecular complexity index is 4810. The van der Waals surface area contributed by atoms with E-state index in [1.54, 1.807) is 23.2 Å². The van der Waals surface area contributed by atoms with Gasteiger partial charge in [-0.15, -0.1) is 0 Å². The summed E-state index contributed by atoms with van der Waals surface area (Å²) >= 11 is 0. The maximum Gasteiger partial charge on any atom is 0.373 e. The molecule has 3 aliphatic heterocycles. The van der Waals surface area contributed by atoms with Crippen molar-refractivity contribution in [1.29, 1.82) is 0 Å². The highest BCUT2D eigenvalue weighted by molar-refractivity contribution is 5.97. The average molecular weight is 1340 g/mol. The van der Waals surface area contributed by atoms with Crippen LogP contribution >= 0.6 is 0 Å². The number of fused-ring (bicyclic) bond motifs is 9. The number of amides is 3. The smallest absolute Gasteiger partial charge is 0.373 e. The molecule has 11 aromatic rings. The molecule has 0 saturated carbocycles. The van der Waals surface area contributed by atoms with Gasteiger partial charge in [-0.1, -0.05) is 206 Å². The minimum absolute atomic E-state index is 0.0103. The van der Waals surface area contributed by atoms with Crippen molar-refractivity contribution in [2.75, 3.05) is 19.6 Å². The van der Waals surface area contributed by atoms with Crippen LogP contribution in [0.15, 0.2) is 257 Å². The Labute approximate surface area is 582 Å². The second kappa shape index (κ2) is 29.5. The number of nitrogens with zero attached hydrogens (tertiary/aromatic N) is 3.